The Labute approximate surface area is 95.7 Å². The minimum atomic E-state index is 0.223. The Morgan fingerprint density at radius 2 is 2.50 bits per heavy atom. The van der Waals surface area contributed by atoms with Crippen molar-refractivity contribution >= 4 is 12.2 Å². The highest BCUT2D eigenvalue weighted by Crippen LogP contribution is 2.30. The summed E-state index contributed by atoms with van der Waals surface area (Å²) in [5.41, 5.74) is 1.13. The van der Waals surface area contributed by atoms with E-state index in [1.807, 2.05) is 24.1 Å². The smallest absolute Gasteiger partial charge is 0.210 e. The molecule has 4 nitrogen and oxygen atoms in total. The van der Waals surface area contributed by atoms with Gasteiger partial charge in [0.15, 0.2) is 0 Å². The van der Waals surface area contributed by atoms with Gasteiger partial charge >= 0.3 is 0 Å². The zero-order valence-corrected chi connectivity index (χ0v) is 9.52. The average Bonchev–Trinajstić information content (AvgIpc) is 2.78. The summed E-state index contributed by atoms with van der Waals surface area (Å²) in [4.78, 5) is 17.0. The fourth-order valence-electron chi connectivity index (χ4n) is 2.16. The van der Waals surface area contributed by atoms with Crippen LogP contribution < -0.4 is 5.32 Å². The van der Waals surface area contributed by atoms with E-state index in [-0.39, 0.29) is 6.04 Å². The summed E-state index contributed by atoms with van der Waals surface area (Å²) in [7, 11) is 0. The van der Waals surface area contributed by atoms with E-state index in [1.54, 1.807) is 0 Å². The van der Waals surface area contributed by atoms with Gasteiger partial charge in [0.25, 0.3) is 0 Å². The van der Waals surface area contributed by atoms with Crippen molar-refractivity contribution in [3.8, 4) is 0 Å². The summed E-state index contributed by atoms with van der Waals surface area (Å²) in [6.07, 6.45) is 4.93. The Bertz CT molecular complexity index is 350. The molecule has 0 aromatic carbocycles. The van der Waals surface area contributed by atoms with Crippen LogP contribution in [0.4, 0.5) is 5.82 Å². The maximum Gasteiger partial charge on any atom is 0.210 e. The second kappa shape index (κ2) is 4.96. The monoisotopic (exact) mass is 219 g/mol. The van der Waals surface area contributed by atoms with Crippen LogP contribution in [-0.2, 0) is 4.79 Å². The number of nitrogens with zero attached hydrogens (tertiary/aromatic N) is 2. The van der Waals surface area contributed by atoms with Crippen molar-refractivity contribution in [2.75, 3.05) is 18.4 Å². The van der Waals surface area contributed by atoms with Crippen LogP contribution in [-0.4, -0.2) is 29.4 Å². The predicted molar refractivity (Wildman–Crippen MR) is 63.1 cm³/mol. The number of aromatic nitrogens is 1. The largest absolute Gasteiger partial charge is 0.370 e. The first-order chi connectivity index (χ1) is 7.85. The van der Waals surface area contributed by atoms with Gasteiger partial charge in [-0.1, -0.05) is 6.07 Å². The van der Waals surface area contributed by atoms with Crippen molar-refractivity contribution in [2.45, 2.75) is 25.8 Å². The number of hydrogen-bond acceptors (Lipinski definition) is 3. The van der Waals surface area contributed by atoms with Crippen LogP contribution in [0, 0.1) is 0 Å². The SMILES string of the molecule is CCNc1ccc([C@@H]2CCCN2C=O)cn1. The van der Waals surface area contributed by atoms with Crippen LogP contribution in [0.2, 0.25) is 0 Å². The van der Waals surface area contributed by atoms with E-state index in [0.717, 1.165) is 43.7 Å². The first-order valence-electron chi connectivity index (χ1n) is 5.76. The lowest BCUT2D eigenvalue weighted by molar-refractivity contribution is -0.118. The minimum Gasteiger partial charge on any atom is -0.370 e. The van der Waals surface area contributed by atoms with Gasteiger partial charge in [-0.15, -0.1) is 0 Å². The van der Waals surface area contributed by atoms with Crippen LogP contribution in [0.3, 0.4) is 0 Å². The lowest BCUT2D eigenvalue weighted by Crippen LogP contribution is -2.21. The fourth-order valence-corrected chi connectivity index (χ4v) is 2.16. The van der Waals surface area contributed by atoms with Gasteiger partial charge < -0.3 is 10.2 Å². The van der Waals surface area contributed by atoms with Gasteiger partial charge in [0.2, 0.25) is 6.41 Å². The highest BCUT2D eigenvalue weighted by molar-refractivity contribution is 5.49. The summed E-state index contributed by atoms with van der Waals surface area (Å²) < 4.78 is 0. The molecule has 1 aromatic rings. The zero-order chi connectivity index (χ0) is 11.4. The topological polar surface area (TPSA) is 45.2 Å². The zero-order valence-electron chi connectivity index (χ0n) is 9.52. The molecule has 1 aliphatic heterocycles. The number of likely N-dealkylation sites (tertiary alicyclic amines) is 1. The molecule has 0 unspecified atom stereocenters. The molecule has 1 fully saturated rings. The maximum atomic E-state index is 10.9. The number of rotatable bonds is 4. The number of carbonyl (C=O) groups excluding carboxylic acids is 1. The molecule has 1 saturated heterocycles. The van der Waals surface area contributed by atoms with Crippen molar-refractivity contribution in [3.63, 3.8) is 0 Å². The van der Waals surface area contributed by atoms with Gasteiger partial charge in [-0.2, -0.15) is 0 Å². The molecular formula is C12H17N3O. The summed E-state index contributed by atoms with van der Waals surface area (Å²) in [5.74, 6) is 0.891. The highest BCUT2D eigenvalue weighted by Gasteiger charge is 2.24. The quantitative estimate of drug-likeness (QED) is 0.785. The van der Waals surface area contributed by atoms with Crippen molar-refractivity contribution in [1.29, 1.82) is 0 Å². The molecule has 0 spiro atoms. The molecule has 2 rings (SSSR count). The normalized spacial score (nSPS) is 19.8. The van der Waals surface area contributed by atoms with Gasteiger partial charge in [-0.25, -0.2) is 4.98 Å². The third kappa shape index (κ3) is 2.15. The molecule has 1 aliphatic rings. The fraction of sp³-hybridized carbons (Fsp3) is 0.500. The lowest BCUT2D eigenvalue weighted by Gasteiger charge is -2.20. The molecule has 16 heavy (non-hydrogen) atoms. The lowest BCUT2D eigenvalue weighted by atomic mass is 10.1. The Balaban J connectivity index is 2.11. The number of pyridine rings is 1. The Hall–Kier alpha value is -1.58. The Morgan fingerprint density at radius 1 is 1.62 bits per heavy atom. The van der Waals surface area contributed by atoms with Crippen LogP contribution in [0.15, 0.2) is 18.3 Å². The molecule has 0 radical (unpaired) electrons. The van der Waals surface area contributed by atoms with E-state index >= 15 is 0 Å². The molecule has 86 valence electrons. The molecule has 1 atom stereocenters. The highest BCUT2D eigenvalue weighted by atomic mass is 16.1. The first kappa shape index (κ1) is 10.9. The molecular weight excluding hydrogens is 202 g/mol. The molecule has 2 heterocycles. The van der Waals surface area contributed by atoms with Crippen LogP contribution in [0.1, 0.15) is 31.4 Å². The van der Waals surface area contributed by atoms with Crippen molar-refractivity contribution in [2.24, 2.45) is 0 Å². The third-order valence-corrected chi connectivity index (χ3v) is 2.96. The van der Waals surface area contributed by atoms with Gasteiger partial charge in [0, 0.05) is 19.3 Å². The summed E-state index contributed by atoms with van der Waals surface area (Å²) in [6.45, 7) is 3.78. The van der Waals surface area contributed by atoms with E-state index in [0.29, 0.717) is 0 Å². The standard InChI is InChI=1S/C12H17N3O/c1-2-13-12-6-5-10(8-14-12)11-4-3-7-15(11)9-16/h5-6,8-9,11H,2-4,7H2,1H3,(H,13,14)/t11-/m0/s1. The van der Waals surface area contributed by atoms with E-state index in [2.05, 4.69) is 16.4 Å². The number of anilines is 1. The molecule has 4 heteroatoms. The molecule has 0 saturated carbocycles. The van der Waals surface area contributed by atoms with Crippen LogP contribution in [0.5, 0.6) is 0 Å². The van der Waals surface area contributed by atoms with E-state index in [4.69, 9.17) is 0 Å². The molecule has 1 aromatic heterocycles. The second-order valence-electron chi connectivity index (χ2n) is 4.01. The van der Waals surface area contributed by atoms with E-state index in [9.17, 15) is 4.79 Å². The van der Waals surface area contributed by atoms with Crippen molar-refractivity contribution in [1.82, 2.24) is 9.88 Å². The van der Waals surface area contributed by atoms with E-state index in [1.165, 1.54) is 0 Å². The second-order valence-corrected chi connectivity index (χ2v) is 4.01. The molecule has 0 aliphatic carbocycles. The maximum absolute atomic E-state index is 10.9. The van der Waals surface area contributed by atoms with Crippen molar-refractivity contribution in [3.05, 3.63) is 23.9 Å². The molecule has 0 bridgehead atoms. The Kier molecular flexibility index (Phi) is 3.39. The number of hydrogen-bond donors (Lipinski definition) is 1. The van der Waals surface area contributed by atoms with Gasteiger partial charge in [0.05, 0.1) is 6.04 Å². The summed E-state index contributed by atoms with van der Waals surface area (Å²) in [5, 5.41) is 3.16. The minimum absolute atomic E-state index is 0.223. The average molecular weight is 219 g/mol. The molecule has 1 amide bonds. The predicted octanol–water partition coefficient (Wildman–Crippen LogP) is 1.81. The number of carbonyl (C=O) groups is 1. The van der Waals surface area contributed by atoms with Crippen LogP contribution in [0.25, 0.3) is 0 Å². The number of nitrogens with one attached hydrogen (secondary N) is 1. The van der Waals surface area contributed by atoms with Gasteiger partial charge in [0.1, 0.15) is 5.82 Å². The molecule has 1 N–H and O–H groups in total. The number of amides is 1. The van der Waals surface area contributed by atoms with Gasteiger partial charge in [-0.05, 0) is 31.4 Å². The first-order valence-corrected chi connectivity index (χ1v) is 5.76. The summed E-state index contributed by atoms with van der Waals surface area (Å²) in [6, 6.07) is 4.25. The van der Waals surface area contributed by atoms with Crippen LogP contribution >= 0.6 is 0 Å². The van der Waals surface area contributed by atoms with Gasteiger partial charge in [-0.3, -0.25) is 4.79 Å². The van der Waals surface area contributed by atoms with Crippen molar-refractivity contribution < 1.29 is 4.79 Å². The summed E-state index contributed by atoms with van der Waals surface area (Å²) >= 11 is 0. The third-order valence-electron chi connectivity index (χ3n) is 2.96. The Morgan fingerprint density at radius 3 is 3.12 bits per heavy atom. The van der Waals surface area contributed by atoms with E-state index < -0.39 is 0 Å².